The number of thiophene rings is 1. The highest BCUT2D eigenvalue weighted by atomic mass is 32.1. The quantitative estimate of drug-likeness (QED) is 0.352. The minimum Gasteiger partial charge on any atom is -0.378 e. The number of nitro benzene ring substituents is 1. The fraction of sp³-hybridized carbons (Fsp3) is 0.381. The molecular formula is C21H21N5O4S. The zero-order valence-corrected chi connectivity index (χ0v) is 17.6. The third-order valence-corrected chi connectivity index (χ3v) is 6.95. The predicted octanol–water partition coefficient (Wildman–Crippen LogP) is 2.96. The van der Waals surface area contributed by atoms with E-state index in [4.69, 9.17) is 4.74 Å². The normalized spacial score (nSPS) is 16.7. The van der Waals surface area contributed by atoms with Gasteiger partial charge in [-0.3, -0.25) is 14.9 Å². The summed E-state index contributed by atoms with van der Waals surface area (Å²) in [6.07, 6.45) is 7.04. The Morgan fingerprint density at radius 3 is 2.84 bits per heavy atom. The van der Waals surface area contributed by atoms with Gasteiger partial charge in [-0.2, -0.15) is 9.78 Å². The average molecular weight is 439 g/mol. The highest BCUT2D eigenvalue weighted by Crippen LogP contribution is 2.33. The van der Waals surface area contributed by atoms with Gasteiger partial charge in [0, 0.05) is 41.4 Å². The summed E-state index contributed by atoms with van der Waals surface area (Å²) in [6.45, 7) is 2.56. The lowest BCUT2D eigenvalue weighted by Crippen LogP contribution is -2.36. The lowest BCUT2D eigenvalue weighted by molar-refractivity contribution is -0.384. The van der Waals surface area contributed by atoms with Crippen molar-refractivity contribution in [2.75, 3.05) is 31.2 Å². The Labute approximate surface area is 181 Å². The van der Waals surface area contributed by atoms with Crippen molar-refractivity contribution >= 4 is 39.1 Å². The lowest BCUT2D eigenvalue weighted by Gasteiger charge is -2.29. The fourth-order valence-corrected chi connectivity index (χ4v) is 5.41. The minimum absolute atomic E-state index is 0.0220. The van der Waals surface area contributed by atoms with Crippen molar-refractivity contribution in [3.05, 3.63) is 61.0 Å². The second kappa shape index (κ2) is 8.20. The number of nitrogens with zero attached hydrogens (tertiary/aromatic N) is 5. The number of hydrogen-bond acceptors (Lipinski definition) is 8. The van der Waals surface area contributed by atoms with Crippen LogP contribution < -0.4 is 10.5 Å². The molecule has 0 spiro atoms. The molecule has 160 valence electrons. The number of hydrogen-bond donors (Lipinski definition) is 0. The Bertz CT molecular complexity index is 1240. The first-order valence-electron chi connectivity index (χ1n) is 10.3. The fourth-order valence-electron chi connectivity index (χ4n) is 4.19. The van der Waals surface area contributed by atoms with Crippen LogP contribution in [0.2, 0.25) is 0 Å². The number of aryl methyl sites for hydroxylation is 2. The largest absolute Gasteiger partial charge is 0.378 e. The molecule has 0 unspecified atom stereocenters. The number of morpholine rings is 1. The molecule has 0 N–H and O–H groups in total. The van der Waals surface area contributed by atoms with E-state index in [1.54, 1.807) is 17.4 Å². The first kappa shape index (κ1) is 19.8. The number of aromatic nitrogens is 2. The summed E-state index contributed by atoms with van der Waals surface area (Å²) in [5, 5.41) is 16.3. The number of anilines is 1. The number of ether oxygens (including phenoxy) is 1. The van der Waals surface area contributed by atoms with Crippen molar-refractivity contribution in [1.29, 1.82) is 0 Å². The summed E-state index contributed by atoms with van der Waals surface area (Å²) in [4.78, 5) is 32.5. The highest BCUT2D eigenvalue weighted by Gasteiger charge is 2.20. The Morgan fingerprint density at radius 2 is 2.03 bits per heavy atom. The second-order valence-corrected chi connectivity index (χ2v) is 8.71. The summed E-state index contributed by atoms with van der Waals surface area (Å²) >= 11 is 1.59. The topological polar surface area (TPSA) is 103 Å². The molecule has 2 aromatic heterocycles. The average Bonchev–Trinajstić information content (AvgIpc) is 3.18. The smallest absolute Gasteiger partial charge is 0.282 e. The SMILES string of the molecule is O=c1c2c3c(sc2ncn1/N=C\c1cc([N+](=O)[O-])ccc1N1CCOCC1)CCCC3. The van der Waals surface area contributed by atoms with Gasteiger partial charge in [0.05, 0.1) is 29.7 Å². The molecule has 1 saturated heterocycles. The van der Waals surface area contributed by atoms with Crippen LogP contribution in [0.15, 0.2) is 34.4 Å². The van der Waals surface area contributed by atoms with Crippen molar-refractivity contribution in [3.63, 3.8) is 0 Å². The van der Waals surface area contributed by atoms with Gasteiger partial charge in [-0.05, 0) is 37.3 Å². The molecule has 10 heteroatoms. The molecule has 1 aromatic carbocycles. The van der Waals surface area contributed by atoms with E-state index >= 15 is 0 Å². The van der Waals surface area contributed by atoms with E-state index in [-0.39, 0.29) is 11.2 Å². The lowest BCUT2D eigenvalue weighted by atomic mass is 9.97. The summed E-state index contributed by atoms with van der Waals surface area (Å²) in [5.41, 5.74) is 2.30. The Kier molecular flexibility index (Phi) is 5.24. The van der Waals surface area contributed by atoms with Gasteiger partial charge in [0.2, 0.25) is 0 Å². The number of benzene rings is 1. The van der Waals surface area contributed by atoms with Gasteiger partial charge in [-0.15, -0.1) is 11.3 Å². The zero-order valence-electron chi connectivity index (χ0n) is 16.8. The molecule has 0 amide bonds. The molecule has 1 fully saturated rings. The van der Waals surface area contributed by atoms with Gasteiger partial charge in [-0.25, -0.2) is 4.98 Å². The van der Waals surface area contributed by atoms with Crippen molar-refractivity contribution in [3.8, 4) is 0 Å². The first-order valence-corrected chi connectivity index (χ1v) is 11.1. The van der Waals surface area contributed by atoms with Gasteiger partial charge in [0.15, 0.2) is 0 Å². The van der Waals surface area contributed by atoms with E-state index in [2.05, 4.69) is 15.0 Å². The van der Waals surface area contributed by atoms with Gasteiger partial charge in [0.25, 0.3) is 11.2 Å². The van der Waals surface area contributed by atoms with Crippen LogP contribution in [0.1, 0.15) is 28.8 Å². The maximum Gasteiger partial charge on any atom is 0.282 e. The summed E-state index contributed by atoms with van der Waals surface area (Å²) in [5.74, 6) is 0. The molecule has 0 saturated carbocycles. The second-order valence-electron chi connectivity index (χ2n) is 7.63. The monoisotopic (exact) mass is 439 g/mol. The highest BCUT2D eigenvalue weighted by molar-refractivity contribution is 7.18. The first-order chi connectivity index (χ1) is 15.1. The maximum atomic E-state index is 13.1. The van der Waals surface area contributed by atoms with E-state index in [1.807, 2.05) is 0 Å². The molecule has 5 rings (SSSR count). The zero-order chi connectivity index (χ0) is 21.4. The van der Waals surface area contributed by atoms with Crippen LogP contribution in [-0.2, 0) is 17.6 Å². The number of non-ortho nitro benzene ring substituents is 1. The number of fused-ring (bicyclic) bond motifs is 3. The Balaban J connectivity index is 1.56. The maximum absolute atomic E-state index is 13.1. The minimum atomic E-state index is -0.433. The van der Waals surface area contributed by atoms with E-state index in [0.717, 1.165) is 41.8 Å². The van der Waals surface area contributed by atoms with Gasteiger partial charge >= 0.3 is 0 Å². The van der Waals surface area contributed by atoms with Gasteiger partial charge < -0.3 is 9.64 Å². The van der Waals surface area contributed by atoms with Gasteiger partial charge in [0.1, 0.15) is 11.2 Å². The predicted molar refractivity (Wildman–Crippen MR) is 120 cm³/mol. The van der Waals surface area contributed by atoms with Crippen molar-refractivity contribution in [2.45, 2.75) is 25.7 Å². The van der Waals surface area contributed by atoms with Crippen LogP contribution in [-0.4, -0.2) is 47.1 Å². The number of rotatable bonds is 4. The van der Waals surface area contributed by atoms with Crippen LogP contribution in [0, 0.1) is 10.1 Å². The summed E-state index contributed by atoms with van der Waals surface area (Å²) in [6, 6.07) is 4.70. The van der Waals surface area contributed by atoms with Crippen molar-refractivity contribution < 1.29 is 9.66 Å². The van der Waals surface area contributed by atoms with E-state index < -0.39 is 4.92 Å². The molecule has 0 bridgehead atoms. The molecular weight excluding hydrogens is 418 g/mol. The van der Waals surface area contributed by atoms with E-state index in [9.17, 15) is 14.9 Å². The molecule has 3 aromatic rings. The van der Waals surface area contributed by atoms with Gasteiger partial charge in [-0.1, -0.05) is 0 Å². The molecule has 0 atom stereocenters. The molecule has 1 aliphatic heterocycles. The van der Waals surface area contributed by atoms with Crippen LogP contribution in [0.25, 0.3) is 10.2 Å². The van der Waals surface area contributed by atoms with E-state index in [0.29, 0.717) is 37.3 Å². The van der Waals surface area contributed by atoms with Crippen LogP contribution in [0.4, 0.5) is 11.4 Å². The molecule has 31 heavy (non-hydrogen) atoms. The summed E-state index contributed by atoms with van der Waals surface area (Å²) in [7, 11) is 0. The standard InChI is InChI=1S/C21H21N5O4S/c27-21-19-16-3-1-2-4-18(16)31-20(19)22-13-25(21)23-12-14-11-15(26(28)29)5-6-17(14)24-7-9-30-10-8-24/h5-6,11-13H,1-4,7-10H2/b23-12-. The van der Waals surface area contributed by atoms with Crippen LogP contribution >= 0.6 is 11.3 Å². The van der Waals surface area contributed by atoms with Crippen molar-refractivity contribution in [2.24, 2.45) is 5.10 Å². The van der Waals surface area contributed by atoms with Crippen molar-refractivity contribution in [1.82, 2.24) is 9.66 Å². The Morgan fingerprint density at radius 1 is 1.23 bits per heavy atom. The molecule has 2 aliphatic rings. The molecule has 9 nitrogen and oxygen atoms in total. The third kappa shape index (κ3) is 3.72. The molecule has 0 radical (unpaired) electrons. The third-order valence-electron chi connectivity index (χ3n) is 5.75. The van der Waals surface area contributed by atoms with E-state index in [1.165, 1.54) is 34.2 Å². The number of nitro groups is 1. The summed E-state index contributed by atoms with van der Waals surface area (Å²) < 4.78 is 6.64. The van der Waals surface area contributed by atoms with Crippen LogP contribution in [0.3, 0.4) is 0 Å². The molecule has 1 aliphatic carbocycles. The Hall–Kier alpha value is -3.11. The molecule has 3 heterocycles. The van der Waals surface area contributed by atoms with Crippen LogP contribution in [0.5, 0.6) is 0 Å².